The van der Waals surface area contributed by atoms with Crippen LogP contribution in [-0.4, -0.2) is 22.2 Å². The molecule has 0 radical (unpaired) electrons. The maximum Gasteiger partial charge on any atom is 0.421 e. The van der Waals surface area contributed by atoms with Gasteiger partial charge in [-0.2, -0.15) is 18.2 Å². The number of aromatic nitrogens is 2. The monoisotopic (exact) mass is 486 g/mol. The van der Waals surface area contributed by atoms with Gasteiger partial charge in [0.1, 0.15) is 22.9 Å². The SMILES string of the molecule is CCC(C)Oc1ccc(Nc2nc(Nc3ccc(OC4CCCC4)cc3)ncc2C(F)(F)F)cc1. The smallest absolute Gasteiger partial charge is 0.421 e. The highest BCUT2D eigenvalue weighted by Gasteiger charge is 2.35. The lowest BCUT2D eigenvalue weighted by Crippen LogP contribution is -2.13. The summed E-state index contributed by atoms with van der Waals surface area (Å²) in [6.45, 7) is 3.96. The van der Waals surface area contributed by atoms with Crippen molar-refractivity contribution in [2.45, 2.75) is 64.3 Å². The Labute approximate surface area is 202 Å². The third-order valence-corrected chi connectivity index (χ3v) is 5.84. The van der Waals surface area contributed by atoms with Gasteiger partial charge in [0.15, 0.2) is 0 Å². The molecule has 1 heterocycles. The zero-order chi connectivity index (χ0) is 24.8. The predicted octanol–water partition coefficient (Wildman–Crippen LogP) is 7.48. The van der Waals surface area contributed by atoms with E-state index in [1.54, 1.807) is 36.4 Å². The zero-order valence-corrected chi connectivity index (χ0v) is 19.7. The number of benzene rings is 2. The van der Waals surface area contributed by atoms with Crippen LogP contribution in [0.5, 0.6) is 11.5 Å². The van der Waals surface area contributed by atoms with Crippen LogP contribution >= 0.6 is 0 Å². The molecule has 186 valence electrons. The molecule has 2 N–H and O–H groups in total. The van der Waals surface area contributed by atoms with E-state index in [1.807, 2.05) is 26.0 Å². The number of alkyl halides is 3. The van der Waals surface area contributed by atoms with E-state index in [9.17, 15) is 13.2 Å². The van der Waals surface area contributed by atoms with E-state index in [4.69, 9.17) is 9.47 Å². The minimum atomic E-state index is -4.61. The Morgan fingerprint density at radius 3 is 2.14 bits per heavy atom. The minimum absolute atomic E-state index is 0.0432. The standard InChI is InChI=1S/C26H29F3N4O2/c1-3-17(2)34-21-12-8-18(9-13-21)31-24-23(26(27,28)29)16-30-25(33-24)32-19-10-14-22(15-11-19)35-20-6-4-5-7-20/h8-17,20H,3-7H2,1-2H3,(H2,30,31,32,33). The number of anilines is 4. The Hall–Kier alpha value is -3.49. The van der Waals surface area contributed by atoms with E-state index in [-0.39, 0.29) is 24.0 Å². The third kappa shape index (κ3) is 6.77. The lowest BCUT2D eigenvalue weighted by atomic mass is 10.2. The van der Waals surface area contributed by atoms with Gasteiger partial charge in [-0.1, -0.05) is 6.92 Å². The summed E-state index contributed by atoms with van der Waals surface area (Å²) in [5.41, 5.74) is 0.134. The van der Waals surface area contributed by atoms with Gasteiger partial charge in [0.05, 0.1) is 12.2 Å². The first-order valence-electron chi connectivity index (χ1n) is 11.8. The number of hydrogen-bond donors (Lipinski definition) is 2. The van der Waals surface area contributed by atoms with E-state index in [2.05, 4.69) is 20.6 Å². The van der Waals surface area contributed by atoms with Gasteiger partial charge in [0.2, 0.25) is 5.95 Å². The molecule has 0 saturated heterocycles. The quantitative estimate of drug-likeness (QED) is 0.327. The van der Waals surface area contributed by atoms with Crippen molar-refractivity contribution in [2.24, 2.45) is 0 Å². The van der Waals surface area contributed by atoms with Crippen molar-refractivity contribution in [3.63, 3.8) is 0 Å². The Kier molecular flexibility index (Phi) is 7.63. The lowest BCUT2D eigenvalue weighted by Gasteiger charge is -2.16. The van der Waals surface area contributed by atoms with Crippen LogP contribution in [0, 0.1) is 0 Å². The molecule has 2 aromatic carbocycles. The second kappa shape index (κ2) is 10.8. The average molecular weight is 487 g/mol. The van der Waals surface area contributed by atoms with Gasteiger partial charge >= 0.3 is 6.18 Å². The molecule has 1 aliphatic carbocycles. The van der Waals surface area contributed by atoms with E-state index >= 15 is 0 Å². The molecule has 1 aliphatic rings. The molecule has 0 amide bonds. The first-order chi connectivity index (χ1) is 16.8. The summed E-state index contributed by atoms with van der Waals surface area (Å²) in [7, 11) is 0. The van der Waals surface area contributed by atoms with Crippen molar-refractivity contribution in [1.29, 1.82) is 0 Å². The average Bonchev–Trinajstić information content (AvgIpc) is 3.34. The van der Waals surface area contributed by atoms with Gasteiger partial charge in [-0.25, -0.2) is 4.98 Å². The highest BCUT2D eigenvalue weighted by Crippen LogP contribution is 2.35. The van der Waals surface area contributed by atoms with E-state index < -0.39 is 11.7 Å². The van der Waals surface area contributed by atoms with Crippen LogP contribution in [-0.2, 0) is 6.18 Å². The molecule has 1 atom stereocenters. The number of rotatable bonds is 9. The minimum Gasteiger partial charge on any atom is -0.491 e. The van der Waals surface area contributed by atoms with Crippen LogP contribution in [0.1, 0.15) is 51.5 Å². The Balaban J connectivity index is 1.48. The molecule has 9 heteroatoms. The summed E-state index contributed by atoms with van der Waals surface area (Å²) in [6.07, 6.45) is 1.79. The van der Waals surface area contributed by atoms with E-state index in [1.165, 1.54) is 12.8 Å². The normalized spacial score (nSPS) is 15.0. The summed E-state index contributed by atoms with van der Waals surface area (Å²) in [4.78, 5) is 7.97. The van der Waals surface area contributed by atoms with Crippen LogP contribution in [0.3, 0.4) is 0 Å². The molecule has 1 unspecified atom stereocenters. The fraction of sp³-hybridized carbons (Fsp3) is 0.385. The third-order valence-electron chi connectivity index (χ3n) is 5.84. The van der Waals surface area contributed by atoms with Crippen LogP contribution in [0.4, 0.5) is 36.3 Å². The fourth-order valence-electron chi connectivity index (χ4n) is 3.76. The molecule has 0 bridgehead atoms. The Bertz CT molecular complexity index is 1100. The van der Waals surface area contributed by atoms with Crippen molar-refractivity contribution in [1.82, 2.24) is 9.97 Å². The molecule has 0 spiro atoms. The maximum atomic E-state index is 13.6. The highest BCUT2D eigenvalue weighted by molar-refractivity contribution is 5.63. The summed E-state index contributed by atoms with van der Waals surface area (Å²) in [5.74, 6) is 1.11. The topological polar surface area (TPSA) is 68.3 Å². The predicted molar refractivity (Wildman–Crippen MR) is 130 cm³/mol. The van der Waals surface area contributed by atoms with Crippen molar-refractivity contribution in [3.05, 3.63) is 60.3 Å². The maximum absolute atomic E-state index is 13.6. The van der Waals surface area contributed by atoms with Gasteiger partial charge in [0, 0.05) is 17.6 Å². The molecule has 0 aliphatic heterocycles. The van der Waals surface area contributed by atoms with Crippen LogP contribution in [0.2, 0.25) is 0 Å². The number of hydrogen-bond acceptors (Lipinski definition) is 6. The second-order valence-corrected chi connectivity index (χ2v) is 8.61. The largest absolute Gasteiger partial charge is 0.491 e. The summed E-state index contributed by atoms with van der Waals surface area (Å²) < 4.78 is 52.5. The molecular formula is C26H29F3N4O2. The van der Waals surface area contributed by atoms with Gasteiger partial charge in [-0.05, 0) is 87.6 Å². The molecule has 6 nitrogen and oxygen atoms in total. The van der Waals surface area contributed by atoms with Gasteiger partial charge in [-0.3, -0.25) is 0 Å². The highest BCUT2D eigenvalue weighted by atomic mass is 19.4. The molecule has 1 saturated carbocycles. The van der Waals surface area contributed by atoms with Crippen molar-refractivity contribution in [2.75, 3.05) is 10.6 Å². The van der Waals surface area contributed by atoms with Gasteiger partial charge < -0.3 is 20.1 Å². The first kappa shape index (κ1) is 24.6. The molecule has 1 fully saturated rings. The summed E-state index contributed by atoms with van der Waals surface area (Å²) in [6, 6.07) is 13.9. The van der Waals surface area contributed by atoms with Crippen LogP contribution in [0.25, 0.3) is 0 Å². The zero-order valence-electron chi connectivity index (χ0n) is 19.7. The van der Waals surface area contributed by atoms with Crippen molar-refractivity contribution >= 4 is 23.1 Å². The second-order valence-electron chi connectivity index (χ2n) is 8.61. The number of ether oxygens (including phenoxy) is 2. The van der Waals surface area contributed by atoms with Crippen molar-refractivity contribution in [3.8, 4) is 11.5 Å². The summed E-state index contributed by atoms with van der Waals surface area (Å²) in [5, 5.41) is 5.72. The Morgan fingerprint density at radius 2 is 1.54 bits per heavy atom. The molecule has 1 aromatic heterocycles. The van der Waals surface area contributed by atoms with Gasteiger partial charge in [-0.15, -0.1) is 0 Å². The molecule has 3 aromatic rings. The number of halogens is 3. The molecule has 4 rings (SSSR count). The Morgan fingerprint density at radius 1 is 0.943 bits per heavy atom. The number of nitrogens with zero attached hydrogens (tertiary/aromatic N) is 2. The van der Waals surface area contributed by atoms with Crippen LogP contribution < -0.4 is 20.1 Å². The first-order valence-corrected chi connectivity index (χ1v) is 11.8. The van der Waals surface area contributed by atoms with Crippen molar-refractivity contribution < 1.29 is 22.6 Å². The molecular weight excluding hydrogens is 457 g/mol. The van der Waals surface area contributed by atoms with Gasteiger partial charge in [0.25, 0.3) is 0 Å². The lowest BCUT2D eigenvalue weighted by molar-refractivity contribution is -0.137. The molecule has 35 heavy (non-hydrogen) atoms. The van der Waals surface area contributed by atoms with E-state index in [0.29, 0.717) is 17.1 Å². The fourth-order valence-corrected chi connectivity index (χ4v) is 3.76. The van der Waals surface area contributed by atoms with E-state index in [0.717, 1.165) is 31.2 Å². The summed E-state index contributed by atoms with van der Waals surface area (Å²) >= 11 is 0. The number of nitrogens with one attached hydrogen (secondary N) is 2. The van der Waals surface area contributed by atoms with Crippen LogP contribution in [0.15, 0.2) is 54.7 Å².